The molecule has 140 valence electrons. The van der Waals surface area contributed by atoms with Crippen molar-refractivity contribution in [1.29, 1.82) is 0 Å². The molecule has 0 aliphatic carbocycles. The highest BCUT2D eigenvalue weighted by atomic mass is 35.5. The molecule has 2 aromatic carbocycles. The molecule has 4 rings (SSSR count). The number of carbonyl (C=O) groups excluding carboxylic acids is 2. The minimum Gasteiger partial charge on any atom is -0.340 e. The summed E-state index contributed by atoms with van der Waals surface area (Å²) in [7, 11) is 0. The zero-order valence-corrected chi connectivity index (χ0v) is 14.8. The zero-order valence-electron chi connectivity index (χ0n) is 14.1. The molecule has 4 N–H and O–H groups in total. The highest BCUT2D eigenvalue weighted by Crippen LogP contribution is 2.20. The Bertz CT molecular complexity index is 1170. The van der Waals surface area contributed by atoms with E-state index in [1.54, 1.807) is 6.07 Å². The first kappa shape index (κ1) is 17.7. The third-order valence-electron chi connectivity index (χ3n) is 3.88. The molecule has 0 bridgehead atoms. The van der Waals surface area contributed by atoms with Crippen molar-refractivity contribution < 1.29 is 14.0 Å². The molecule has 0 unspecified atom stereocenters. The summed E-state index contributed by atoms with van der Waals surface area (Å²) in [6.45, 7) is 0. The number of fused-ring (bicyclic) bond motifs is 1. The van der Waals surface area contributed by atoms with Crippen LogP contribution in [0.4, 0.5) is 16.0 Å². The number of amides is 2. The Morgan fingerprint density at radius 3 is 2.68 bits per heavy atom. The van der Waals surface area contributed by atoms with Gasteiger partial charge in [0.15, 0.2) is 5.69 Å². The number of aromatic amines is 2. The van der Waals surface area contributed by atoms with Crippen molar-refractivity contribution in [1.82, 2.24) is 19.9 Å². The molecule has 0 saturated carbocycles. The van der Waals surface area contributed by atoms with Crippen LogP contribution in [0, 0.1) is 5.82 Å². The number of benzene rings is 2. The molecule has 2 heterocycles. The number of para-hydroxylation sites is 2. The number of nitrogens with one attached hydrogen (secondary N) is 4. The standard InChI is InChI=1S/C18H12ClFN6O2/c19-9-5-6-11(10(20)7-9)23-16(27)14-15(22-8-21-14)17(28)26-18-24-12-3-1-2-4-13(12)25-18/h1-8H,(H,21,22)(H,23,27)(H2,24,25,26,28). The first-order chi connectivity index (χ1) is 13.5. The van der Waals surface area contributed by atoms with Crippen LogP contribution < -0.4 is 10.6 Å². The Morgan fingerprint density at radius 2 is 1.89 bits per heavy atom. The summed E-state index contributed by atoms with van der Waals surface area (Å²) in [4.78, 5) is 38.6. The van der Waals surface area contributed by atoms with Crippen LogP contribution in [0.2, 0.25) is 5.02 Å². The van der Waals surface area contributed by atoms with Gasteiger partial charge in [-0.2, -0.15) is 0 Å². The zero-order chi connectivity index (χ0) is 19.7. The highest BCUT2D eigenvalue weighted by molar-refractivity contribution is 6.30. The summed E-state index contributed by atoms with van der Waals surface area (Å²) < 4.78 is 13.9. The van der Waals surface area contributed by atoms with Gasteiger partial charge < -0.3 is 15.3 Å². The van der Waals surface area contributed by atoms with E-state index in [-0.39, 0.29) is 28.0 Å². The predicted octanol–water partition coefficient (Wildman–Crippen LogP) is 3.58. The maximum absolute atomic E-state index is 13.9. The van der Waals surface area contributed by atoms with E-state index >= 15 is 0 Å². The third-order valence-corrected chi connectivity index (χ3v) is 4.12. The van der Waals surface area contributed by atoms with Gasteiger partial charge in [-0.1, -0.05) is 23.7 Å². The molecule has 0 spiro atoms. The number of aromatic nitrogens is 4. The van der Waals surface area contributed by atoms with Gasteiger partial charge in [0.1, 0.15) is 11.5 Å². The van der Waals surface area contributed by atoms with Crippen molar-refractivity contribution >= 4 is 46.1 Å². The summed E-state index contributed by atoms with van der Waals surface area (Å²) >= 11 is 5.69. The fourth-order valence-corrected chi connectivity index (χ4v) is 2.75. The molecule has 0 aliphatic rings. The van der Waals surface area contributed by atoms with Gasteiger partial charge in [0.25, 0.3) is 11.8 Å². The average molecular weight is 399 g/mol. The van der Waals surface area contributed by atoms with E-state index in [0.717, 1.165) is 11.6 Å². The van der Waals surface area contributed by atoms with Crippen molar-refractivity contribution in [2.75, 3.05) is 10.6 Å². The average Bonchev–Trinajstić information content (AvgIpc) is 3.30. The van der Waals surface area contributed by atoms with Gasteiger partial charge in [0.2, 0.25) is 5.95 Å². The largest absolute Gasteiger partial charge is 0.340 e. The number of halogens is 2. The lowest BCUT2D eigenvalue weighted by Gasteiger charge is -2.06. The Morgan fingerprint density at radius 1 is 1.07 bits per heavy atom. The van der Waals surface area contributed by atoms with Crippen molar-refractivity contribution in [3.8, 4) is 0 Å². The Labute approximate surface area is 162 Å². The first-order valence-electron chi connectivity index (χ1n) is 8.07. The lowest BCUT2D eigenvalue weighted by molar-refractivity contribution is 0.0985. The van der Waals surface area contributed by atoms with Crippen molar-refractivity contribution in [3.05, 3.63) is 71.0 Å². The number of hydrogen-bond acceptors (Lipinski definition) is 4. The van der Waals surface area contributed by atoms with Gasteiger partial charge in [0, 0.05) is 5.02 Å². The molecular weight excluding hydrogens is 387 g/mol. The first-order valence-corrected chi connectivity index (χ1v) is 8.45. The lowest BCUT2D eigenvalue weighted by Crippen LogP contribution is -2.21. The van der Waals surface area contributed by atoms with E-state index in [0.29, 0.717) is 5.52 Å². The van der Waals surface area contributed by atoms with Gasteiger partial charge in [-0.05, 0) is 30.3 Å². The Balaban J connectivity index is 1.54. The number of nitrogens with zero attached hydrogens (tertiary/aromatic N) is 2. The van der Waals surface area contributed by atoms with Gasteiger partial charge in [0.05, 0.1) is 23.0 Å². The molecule has 0 radical (unpaired) electrons. The second-order valence-corrected chi connectivity index (χ2v) is 6.20. The quantitative estimate of drug-likeness (QED) is 0.420. The molecule has 2 amide bonds. The molecule has 0 atom stereocenters. The van der Waals surface area contributed by atoms with Crippen LogP contribution in [-0.2, 0) is 0 Å². The monoisotopic (exact) mass is 398 g/mol. The second-order valence-electron chi connectivity index (χ2n) is 5.76. The van der Waals surface area contributed by atoms with Crippen LogP contribution in [0.5, 0.6) is 0 Å². The number of imidazole rings is 2. The van der Waals surface area contributed by atoms with E-state index in [4.69, 9.17) is 11.6 Å². The molecule has 10 heteroatoms. The van der Waals surface area contributed by atoms with E-state index in [9.17, 15) is 14.0 Å². The topological polar surface area (TPSA) is 116 Å². The summed E-state index contributed by atoms with van der Waals surface area (Å²) in [6.07, 6.45) is 1.20. The van der Waals surface area contributed by atoms with E-state index < -0.39 is 17.6 Å². The van der Waals surface area contributed by atoms with Gasteiger partial charge in [-0.15, -0.1) is 0 Å². The van der Waals surface area contributed by atoms with Crippen LogP contribution in [0.1, 0.15) is 21.0 Å². The number of hydrogen-bond donors (Lipinski definition) is 4. The van der Waals surface area contributed by atoms with E-state index in [1.807, 2.05) is 18.2 Å². The second kappa shape index (κ2) is 7.12. The molecule has 0 saturated heterocycles. The molecule has 0 aliphatic heterocycles. The Kier molecular flexibility index (Phi) is 4.50. The molecule has 0 fully saturated rings. The summed E-state index contributed by atoms with van der Waals surface area (Å²) in [6, 6.07) is 11.1. The predicted molar refractivity (Wildman–Crippen MR) is 102 cm³/mol. The minimum absolute atomic E-state index is 0.0824. The van der Waals surface area contributed by atoms with Gasteiger partial charge in [-0.25, -0.2) is 14.4 Å². The highest BCUT2D eigenvalue weighted by Gasteiger charge is 2.22. The smallest absolute Gasteiger partial charge is 0.276 e. The summed E-state index contributed by atoms with van der Waals surface area (Å²) in [5.41, 5.74) is 1.06. The van der Waals surface area contributed by atoms with Crippen molar-refractivity contribution in [2.24, 2.45) is 0 Å². The number of rotatable bonds is 4. The SMILES string of the molecule is O=C(Nc1ccc(Cl)cc1F)c1nc[nH]c1C(=O)Nc1nc2ccccc2[nH]1. The van der Waals surface area contributed by atoms with Crippen LogP contribution in [0.15, 0.2) is 48.8 Å². The fraction of sp³-hybridized carbons (Fsp3) is 0. The fourth-order valence-electron chi connectivity index (χ4n) is 2.59. The number of carbonyl (C=O) groups is 2. The van der Waals surface area contributed by atoms with Crippen LogP contribution in [-0.4, -0.2) is 31.8 Å². The maximum Gasteiger partial charge on any atom is 0.276 e. The normalized spacial score (nSPS) is 10.8. The molecule has 4 aromatic rings. The summed E-state index contributed by atoms with van der Waals surface area (Å²) in [5.74, 6) is -1.86. The van der Waals surface area contributed by atoms with E-state index in [2.05, 4.69) is 30.6 Å². The lowest BCUT2D eigenvalue weighted by atomic mass is 10.2. The molecule has 2 aromatic heterocycles. The van der Waals surface area contributed by atoms with Gasteiger partial charge >= 0.3 is 0 Å². The molecular formula is C18H12ClFN6O2. The maximum atomic E-state index is 13.9. The summed E-state index contributed by atoms with van der Waals surface area (Å²) in [5, 5.41) is 5.12. The van der Waals surface area contributed by atoms with Gasteiger partial charge in [-0.3, -0.25) is 14.9 Å². The van der Waals surface area contributed by atoms with Crippen molar-refractivity contribution in [2.45, 2.75) is 0 Å². The van der Waals surface area contributed by atoms with Crippen molar-refractivity contribution in [3.63, 3.8) is 0 Å². The van der Waals surface area contributed by atoms with Crippen LogP contribution in [0.25, 0.3) is 11.0 Å². The Hall–Kier alpha value is -3.72. The molecule has 8 nitrogen and oxygen atoms in total. The minimum atomic E-state index is -0.753. The number of H-pyrrole nitrogens is 2. The number of anilines is 2. The van der Waals surface area contributed by atoms with E-state index in [1.165, 1.54) is 18.5 Å². The molecule has 28 heavy (non-hydrogen) atoms. The third kappa shape index (κ3) is 3.42. The van der Waals surface area contributed by atoms with Crippen LogP contribution in [0.3, 0.4) is 0 Å². The van der Waals surface area contributed by atoms with Crippen LogP contribution >= 0.6 is 11.6 Å².